The molecule has 1 aliphatic carbocycles. The molecule has 11 heteroatoms. The van der Waals surface area contributed by atoms with Gasteiger partial charge in [0.1, 0.15) is 16.9 Å². The van der Waals surface area contributed by atoms with Crippen LogP contribution in [-0.2, 0) is 4.79 Å². The Labute approximate surface area is 237 Å². The van der Waals surface area contributed by atoms with Crippen molar-refractivity contribution in [2.24, 2.45) is 5.92 Å². The van der Waals surface area contributed by atoms with Gasteiger partial charge in [-0.25, -0.2) is 4.98 Å². The Kier molecular flexibility index (Phi) is 8.59. The fourth-order valence-corrected chi connectivity index (χ4v) is 3.57. The summed E-state index contributed by atoms with van der Waals surface area (Å²) in [5.41, 5.74) is 1.12. The second-order valence-electron chi connectivity index (χ2n) is 7.49. The molecule has 1 saturated carbocycles. The quantitative estimate of drug-likeness (QED) is 0.469. The van der Waals surface area contributed by atoms with Crippen molar-refractivity contribution < 1.29 is 23.9 Å². The second kappa shape index (κ2) is 10.8. The van der Waals surface area contributed by atoms with Crippen molar-refractivity contribution in [3.05, 3.63) is 40.5 Å². The summed E-state index contributed by atoms with van der Waals surface area (Å²) in [6, 6.07) is 6.76. The van der Waals surface area contributed by atoms with Gasteiger partial charge < -0.3 is 19.1 Å². The van der Waals surface area contributed by atoms with Crippen LogP contribution in [0.4, 0.5) is 0 Å². The van der Waals surface area contributed by atoms with Gasteiger partial charge in [-0.05, 0) is 51.0 Å². The van der Waals surface area contributed by atoms with Gasteiger partial charge in [0.25, 0.3) is 5.89 Å². The Morgan fingerprint density at radius 2 is 1.97 bits per heavy atom. The molecule has 0 bridgehead atoms. The SMILES string of the molecule is CC(C)Oc1ncc(-c2nc(-c3ccc(OC4CC(C(=O)O)C4)cc3Cl)no2)cc1Cl.[KH]. The molecule has 1 fully saturated rings. The molecule has 1 N–H and O–H groups in total. The van der Waals surface area contributed by atoms with Gasteiger partial charge in [0.15, 0.2) is 0 Å². The molecule has 0 spiro atoms. The molecule has 0 amide bonds. The van der Waals surface area contributed by atoms with Crippen LogP contribution in [-0.4, -0.2) is 89.8 Å². The van der Waals surface area contributed by atoms with Crippen molar-refractivity contribution in [1.82, 2.24) is 15.1 Å². The van der Waals surface area contributed by atoms with Gasteiger partial charge in [0.2, 0.25) is 11.7 Å². The predicted octanol–water partition coefficient (Wildman–Crippen LogP) is 4.49. The van der Waals surface area contributed by atoms with Crippen LogP contribution in [0.2, 0.25) is 10.0 Å². The molecular formula is C21H20Cl2KN3O5. The zero-order chi connectivity index (χ0) is 22.1. The summed E-state index contributed by atoms with van der Waals surface area (Å²) < 4.78 is 16.7. The molecule has 0 aliphatic heterocycles. The number of rotatable bonds is 7. The number of halogens is 2. The third-order valence-electron chi connectivity index (χ3n) is 4.76. The topological polar surface area (TPSA) is 108 Å². The van der Waals surface area contributed by atoms with E-state index in [1.807, 2.05) is 13.8 Å². The Balaban J connectivity index is 0.00000289. The number of aromatic nitrogens is 3. The summed E-state index contributed by atoms with van der Waals surface area (Å²) in [5.74, 6) is 0.306. The molecule has 0 unspecified atom stereocenters. The molecule has 32 heavy (non-hydrogen) atoms. The van der Waals surface area contributed by atoms with Gasteiger partial charge in [-0.1, -0.05) is 28.4 Å². The van der Waals surface area contributed by atoms with E-state index in [4.69, 9.17) is 42.3 Å². The van der Waals surface area contributed by atoms with Crippen LogP contribution in [0.15, 0.2) is 35.0 Å². The molecule has 1 aliphatic rings. The number of carboxylic acids is 1. The first-order valence-corrected chi connectivity index (χ1v) is 10.4. The van der Waals surface area contributed by atoms with Crippen molar-refractivity contribution in [2.75, 3.05) is 0 Å². The van der Waals surface area contributed by atoms with Gasteiger partial charge in [-0.2, -0.15) is 4.98 Å². The number of ether oxygens (including phenoxy) is 2. The monoisotopic (exact) mass is 503 g/mol. The maximum absolute atomic E-state index is 10.9. The number of hydrogen-bond donors (Lipinski definition) is 1. The molecule has 0 saturated heterocycles. The maximum atomic E-state index is 10.9. The third kappa shape index (κ3) is 5.83. The van der Waals surface area contributed by atoms with E-state index in [1.54, 1.807) is 30.5 Å². The van der Waals surface area contributed by atoms with Crippen LogP contribution in [0.3, 0.4) is 0 Å². The Morgan fingerprint density at radius 3 is 2.59 bits per heavy atom. The Morgan fingerprint density at radius 1 is 1.22 bits per heavy atom. The molecule has 164 valence electrons. The number of nitrogens with zero attached hydrogens (tertiary/aromatic N) is 3. The number of hydrogen-bond acceptors (Lipinski definition) is 7. The van der Waals surface area contributed by atoms with Gasteiger partial charge in [0, 0.05) is 11.8 Å². The molecule has 4 rings (SSSR count). The number of aliphatic carboxylic acids is 1. The van der Waals surface area contributed by atoms with Gasteiger partial charge >= 0.3 is 57.4 Å². The summed E-state index contributed by atoms with van der Waals surface area (Å²) in [7, 11) is 0. The van der Waals surface area contributed by atoms with Crippen molar-refractivity contribution in [1.29, 1.82) is 0 Å². The third-order valence-corrected chi connectivity index (χ3v) is 5.34. The first-order chi connectivity index (χ1) is 14.8. The van der Waals surface area contributed by atoms with E-state index in [1.165, 1.54) is 0 Å². The minimum atomic E-state index is -0.792. The van der Waals surface area contributed by atoms with Gasteiger partial charge in [-0.15, -0.1) is 0 Å². The molecule has 8 nitrogen and oxygen atoms in total. The zero-order valence-corrected chi connectivity index (χ0v) is 18.2. The molecular weight excluding hydrogens is 484 g/mol. The van der Waals surface area contributed by atoms with Crippen molar-refractivity contribution >= 4 is 80.6 Å². The van der Waals surface area contributed by atoms with Crippen molar-refractivity contribution in [3.8, 4) is 34.5 Å². The van der Waals surface area contributed by atoms with Gasteiger partial charge in [0.05, 0.1) is 22.6 Å². The second-order valence-corrected chi connectivity index (χ2v) is 8.30. The van der Waals surface area contributed by atoms with Crippen molar-refractivity contribution in [2.45, 2.75) is 38.9 Å². The molecule has 2 aromatic heterocycles. The zero-order valence-electron chi connectivity index (χ0n) is 16.7. The number of benzene rings is 1. The van der Waals surface area contributed by atoms with E-state index in [2.05, 4.69) is 15.1 Å². The Hall–Kier alpha value is -1.20. The number of pyridine rings is 1. The summed E-state index contributed by atoms with van der Waals surface area (Å²) >= 11 is 12.6. The summed E-state index contributed by atoms with van der Waals surface area (Å²) in [6.45, 7) is 3.77. The minimum absolute atomic E-state index is 0. The normalized spacial score (nSPS) is 17.4. The van der Waals surface area contributed by atoms with E-state index < -0.39 is 5.97 Å². The van der Waals surface area contributed by atoms with Gasteiger partial charge in [-0.3, -0.25) is 4.79 Å². The van der Waals surface area contributed by atoms with Crippen LogP contribution in [0, 0.1) is 5.92 Å². The fraction of sp³-hybridized carbons (Fsp3) is 0.333. The average Bonchev–Trinajstić information content (AvgIpc) is 3.15. The molecule has 2 heterocycles. The standard InChI is InChI=1S/C21H19Cl2N3O5.K.H/c1-10(2)29-20-17(23)7-12(9-24-20)19-25-18(26-31-19)15-4-3-13(8-16(15)22)30-14-5-11(6-14)21(27)28;;/h3-4,7-11,14H,5-6H2,1-2H3,(H,27,28);;. The van der Waals surface area contributed by atoms with Crippen LogP contribution < -0.4 is 9.47 Å². The summed E-state index contributed by atoms with van der Waals surface area (Å²) in [6.07, 6.45) is 2.34. The van der Waals surface area contributed by atoms with Crippen LogP contribution in [0.1, 0.15) is 26.7 Å². The average molecular weight is 504 g/mol. The van der Waals surface area contributed by atoms with E-state index >= 15 is 0 Å². The summed E-state index contributed by atoms with van der Waals surface area (Å²) in [5, 5.41) is 13.7. The van der Waals surface area contributed by atoms with E-state index in [0.29, 0.717) is 51.5 Å². The van der Waals surface area contributed by atoms with Crippen LogP contribution >= 0.6 is 23.2 Å². The first-order valence-electron chi connectivity index (χ1n) is 9.66. The Bertz CT molecular complexity index is 1120. The fourth-order valence-electron chi connectivity index (χ4n) is 3.11. The molecule has 1 aromatic carbocycles. The first kappa shape index (κ1) is 25.4. The number of carbonyl (C=O) groups is 1. The van der Waals surface area contributed by atoms with E-state index in [0.717, 1.165) is 0 Å². The van der Waals surface area contributed by atoms with Crippen molar-refractivity contribution in [3.63, 3.8) is 0 Å². The summed E-state index contributed by atoms with van der Waals surface area (Å²) in [4.78, 5) is 19.5. The molecule has 0 atom stereocenters. The van der Waals surface area contributed by atoms with E-state index in [9.17, 15) is 4.79 Å². The molecule has 3 aromatic rings. The number of carboxylic acid groups (broad SMARTS) is 1. The van der Waals surface area contributed by atoms with Crippen LogP contribution in [0.5, 0.6) is 11.6 Å². The van der Waals surface area contributed by atoms with Crippen LogP contribution in [0.25, 0.3) is 22.8 Å². The molecule has 0 radical (unpaired) electrons. The predicted molar refractivity (Wildman–Crippen MR) is 121 cm³/mol. The van der Waals surface area contributed by atoms with E-state index in [-0.39, 0.29) is 75.4 Å².